The van der Waals surface area contributed by atoms with Crippen molar-refractivity contribution < 1.29 is 18.4 Å². The second-order valence-corrected chi connectivity index (χ2v) is 6.06. The number of benzene rings is 1. The van der Waals surface area contributed by atoms with E-state index in [1.807, 2.05) is 4.90 Å². The summed E-state index contributed by atoms with van der Waals surface area (Å²) in [7, 11) is 0. The number of amides is 2. The first-order valence-corrected chi connectivity index (χ1v) is 8.18. The minimum atomic E-state index is -0.366. The molecule has 2 aromatic rings. The van der Waals surface area contributed by atoms with Crippen LogP contribution in [-0.4, -0.2) is 54.3 Å². The number of hydrogen-bond acceptors (Lipinski definition) is 4. The Hall–Kier alpha value is -2.67. The number of rotatable bonds is 4. The molecule has 0 bridgehead atoms. The van der Waals surface area contributed by atoms with Crippen LogP contribution in [0.1, 0.15) is 17.0 Å². The molecule has 0 unspecified atom stereocenters. The highest BCUT2D eigenvalue weighted by molar-refractivity contribution is 5.92. The van der Waals surface area contributed by atoms with Crippen LogP contribution in [-0.2, 0) is 4.79 Å². The lowest BCUT2D eigenvalue weighted by Gasteiger charge is -2.20. The van der Waals surface area contributed by atoms with Crippen molar-refractivity contribution in [3.8, 4) is 11.3 Å². The van der Waals surface area contributed by atoms with Crippen LogP contribution < -0.4 is 5.73 Å². The Morgan fingerprint density at radius 1 is 1.04 bits per heavy atom. The standard InChI is InChI=1S/C18H20FN3O3/c19-14-4-2-13(3-5-14)15-6-7-16(25-15)18(24)22-9-1-8-21(10-11-22)12-17(20)23/h2-7H,1,8-12H2,(H2,20,23). The van der Waals surface area contributed by atoms with Gasteiger partial charge in [-0.1, -0.05) is 0 Å². The molecule has 7 heteroatoms. The molecular weight excluding hydrogens is 325 g/mol. The Bertz CT molecular complexity index is 757. The average Bonchev–Trinajstić information content (AvgIpc) is 2.96. The number of halogens is 1. The van der Waals surface area contributed by atoms with Gasteiger partial charge in [-0.15, -0.1) is 0 Å². The maximum Gasteiger partial charge on any atom is 0.289 e. The molecule has 1 saturated heterocycles. The van der Waals surface area contributed by atoms with Gasteiger partial charge in [0.1, 0.15) is 11.6 Å². The van der Waals surface area contributed by atoms with E-state index in [2.05, 4.69) is 0 Å². The molecular formula is C18H20FN3O3. The second kappa shape index (κ2) is 7.48. The number of nitrogens with zero attached hydrogens (tertiary/aromatic N) is 2. The molecule has 1 aromatic heterocycles. The summed E-state index contributed by atoms with van der Waals surface area (Å²) in [5, 5.41) is 0. The zero-order valence-corrected chi connectivity index (χ0v) is 13.8. The van der Waals surface area contributed by atoms with Crippen molar-refractivity contribution in [2.75, 3.05) is 32.7 Å². The van der Waals surface area contributed by atoms with Crippen molar-refractivity contribution in [2.24, 2.45) is 5.73 Å². The van der Waals surface area contributed by atoms with Gasteiger partial charge in [-0.05, 0) is 42.8 Å². The fourth-order valence-corrected chi connectivity index (χ4v) is 2.93. The van der Waals surface area contributed by atoms with Crippen LogP contribution in [0.2, 0.25) is 0 Å². The molecule has 25 heavy (non-hydrogen) atoms. The highest BCUT2D eigenvalue weighted by Gasteiger charge is 2.23. The molecule has 2 N–H and O–H groups in total. The van der Waals surface area contributed by atoms with Crippen LogP contribution in [0, 0.1) is 5.82 Å². The summed E-state index contributed by atoms with van der Waals surface area (Å²) >= 11 is 0. The molecule has 1 aliphatic rings. The summed E-state index contributed by atoms with van der Waals surface area (Å²) in [5.41, 5.74) is 5.94. The Kier molecular flexibility index (Phi) is 5.14. The van der Waals surface area contributed by atoms with Gasteiger partial charge in [0, 0.05) is 31.7 Å². The Labute approximate surface area is 145 Å². The van der Waals surface area contributed by atoms with E-state index in [1.54, 1.807) is 29.2 Å². The van der Waals surface area contributed by atoms with Crippen molar-refractivity contribution in [1.82, 2.24) is 9.80 Å². The van der Waals surface area contributed by atoms with Gasteiger partial charge in [0.2, 0.25) is 5.91 Å². The fraction of sp³-hybridized carbons (Fsp3) is 0.333. The lowest BCUT2D eigenvalue weighted by Crippen LogP contribution is -2.38. The van der Waals surface area contributed by atoms with Gasteiger partial charge in [-0.25, -0.2) is 4.39 Å². The summed E-state index contributed by atoms with van der Waals surface area (Å²) in [6, 6.07) is 9.25. The van der Waals surface area contributed by atoms with Gasteiger partial charge in [-0.3, -0.25) is 14.5 Å². The molecule has 6 nitrogen and oxygen atoms in total. The largest absolute Gasteiger partial charge is 0.451 e. The monoisotopic (exact) mass is 345 g/mol. The Morgan fingerprint density at radius 3 is 2.52 bits per heavy atom. The summed E-state index contributed by atoms with van der Waals surface area (Å²) < 4.78 is 18.7. The minimum Gasteiger partial charge on any atom is -0.451 e. The minimum absolute atomic E-state index is 0.186. The van der Waals surface area contributed by atoms with Crippen molar-refractivity contribution >= 4 is 11.8 Å². The van der Waals surface area contributed by atoms with E-state index in [-0.39, 0.29) is 29.9 Å². The van der Waals surface area contributed by atoms with Crippen molar-refractivity contribution in [1.29, 1.82) is 0 Å². The summed E-state index contributed by atoms with van der Waals surface area (Å²) in [6.45, 7) is 2.64. The van der Waals surface area contributed by atoms with Crippen LogP contribution in [0.25, 0.3) is 11.3 Å². The lowest BCUT2D eigenvalue weighted by atomic mass is 10.2. The molecule has 0 spiro atoms. The molecule has 1 fully saturated rings. The number of primary amides is 1. The van der Waals surface area contributed by atoms with Crippen LogP contribution in [0.3, 0.4) is 0 Å². The third kappa shape index (κ3) is 4.24. The van der Waals surface area contributed by atoms with E-state index < -0.39 is 0 Å². The summed E-state index contributed by atoms with van der Waals surface area (Å²) in [6.07, 6.45) is 0.768. The Morgan fingerprint density at radius 2 is 1.80 bits per heavy atom. The normalized spacial score (nSPS) is 15.8. The molecule has 0 aliphatic carbocycles. The average molecular weight is 345 g/mol. The lowest BCUT2D eigenvalue weighted by molar-refractivity contribution is -0.119. The Balaban J connectivity index is 1.67. The maximum atomic E-state index is 13.0. The van der Waals surface area contributed by atoms with Crippen molar-refractivity contribution in [3.63, 3.8) is 0 Å². The van der Waals surface area contributed by atoms with Gasteiger partial charge >= 0.3 is 0 Å². The van der Waals surface area contributed by atoms with Crippen LogP contribution >= 0.6 is 0 Å². The molecule has 2 heterocycles. The van der Waals surface area contributed by atoms with Gasteiger partial charge in [-0.2, -0.15) is 0 Å². The maximum absolute atomic E-state index is 13.0. The van der Waals surface area contributed by atoms with Gasteiger partial charge in [0.25, 0.3) is 5.91 Å². The van der Waals surface area contributed by atoms with Crippen molar-refractivity contribution in [2.45, 2.75) is 6.42 Å². The van der Waals surface area contributed by atoms with E-state index in [1.165, 1.54) is 12.1 Å². The van der Waals surface area contributed by atoms with Crippen LogP contribution in [0.5, 0.6) is 0 Å². The summed E-state index contributed by atoms with van der Waals surface area (Å²) in [4.78, 5) is 27.3. The highest BCUT2D eigenvalue weighted by Crippen LogP contribution is 2.23. The first-order chi connectivity index (χ1) is 12.0. The smallest absolute Gasteiger partial charge is 0.289 e. The SMILES string of the molecule is NC(=O)CN1CCCN(C(=O)c2ccc(-c3ccc(F)cc3)o2)CC1. The molecule has 2 amide bonds. The fourth-order valence-electron chi connectivity index (χ4n) is 2.93. The van der Waals surface area contributed by atoms with Crippen LogP contribution in [0.15, 0.2) is 40.8 Å². The van der Waals surface area contributed by atoms with Gasteiger partial charge in [0.05, 0.1) is 6.54 Å². The van der Waals surface area contributed by atoms with Crippen molar-refractivity contribution in [3.05, 3.63) is 48.0 Å². The van der Waals surface area contributed by atoms with E-state index in [0.29, 0.717) is 31.0 Å². The third-order valence-electron chi connectivity index (χ3n) is 4.20. The van der Waals surface area contributed by atoms with Crippen LogP contribution in [0.4, 0.5) is 4.39 Å². The summed E-state index contributed by atoms with van der Waals surface area (Å²) in [5.74, 6) is -0.100. The number of furan rings is 1. The van der Waals surface area contributed by atoms with Gasteiger partial charge in [0.15, 0.2) is 5.76 Å². The predicted molar refractivity (Wildman–Crippen MR) is 90.3 cm³/mol. The molecule has 0 atom stereocenters. The zero-order valence-electron chi connectivity index (χ0n) is 13.8. The van der Waals surface area contributed by atoms with Gasteiger partial charge < -0.3 is 15.1 Å². The topological polar surface area (TPSA) is 79.8 Å². The van der Waals surface area contributed by atoms with E-state index in [4.69, 9.17) is 10.2 Å². The zero-order chi connectivity index (χ0) is 17.8. The quantitative estimate of drug-likeness (QED) is 0.915. The first-order valence-electron chi connectivity index (χ1n) is 8.18. The molecule has 1 aromatic carbocycles. The molecule has 132 valence electrons. The third-order valence-corrected chi connectivity index (χ3v) is 4.20. The second-order valence-electron chi connectivity index (χ2n) is 6.06. The predicted octanol–water partition coefficient (Wildman–Crippen LogP) is 1.72. The number of nitrogens with two attached hydrogens (primary N) is 1. The number of carbonyl (C=O) groups excluding carboxylic acids is 2. The highest BCUT2D eigenvalue weighted by atomic mass is 19.1. The number of carbonyl (C=O) groups is 2. The van der Waals surface area contributed by atoms with E-state index >= 15 is 0 Å². The molecule has 0 radical (unpaired) electrons. The van der Waals surface area contributed by atoms with E-state index in [0.717, 1.165) is 13.0 Å². The molecule has 1 aliphatic heterocycles. The number of hydrogen-bond donors (Lipinski definition) is 1. The molecule has 3 rings (SSSR count). The van der Waals surface area contributed by atoms with E-state index in [9.17, 15) is 14.0 Å². The molecule has 0 saturated carbocycles. The first kappa shape index (κ1) is 17.2.